The van der Waals surface area contributed by atoms with Crippen LogP contribution in [0.3, 0.4) is 0 Å². The van der Waals surface area contributed by atoms with E-state index in [4.69, 9.17) is 0 Å². The number of hydrogen-bond acceptors (Lipinski definition) is 1. The van der Waals surface area contributed by atoms with Crippen LogP contribution in [-0.4, -0.2) is 0 Å². The molecular weight excluding hydrogens is 245 g/mol. The summed E-state index contributed by atoms with van der Waals surface area (Å²) in [5.41, 5.74) is -0.559. The van der Waals surface area contributed by atoms with Crippen LogP contribution in [0.5, 0.6) is 0 Å². The van der Waals surface area contributed by atoms with E-state index in [1.54, 1.807) is 24.3 Å². The van der Waals surface area contributed by atoms with E-state index in [0.717, 1.165) is 16.2 Å². The minimum Gasteiger partial charge on any atom is -0.166 e. The van der Waals surface area contributed by atoms with Crippen molar-refractivity contribution in [3.63, 3.8) is 0 Å². The maximum absolute atomic E-state index is 12.8. The minimum absolute atomic E-state index is 0.301. The van der Waals surface area contributed by atoms with E-state index in [2.05, 4.69) is 6.07 Å². The van der Waals surface area contributed by atoms with Gasteiger partial charge < -0.3 is 0 Å². The molecule has 0 spiro atoms. The Labute approximate surface area is 99.3 Å². The number of hydrogen-bond donors (Lipinski definition) is 0. The first kappa shape index (κ1) is 10.6. The summed E-state index contributed by atoms with van der Waals surface area (Å²) in [7, 11) is 0. The van der Waals surface area contributed by atoms with Crippen molar-refractivity contribution in [1.29, 1.82) is 0 Å². The Kier molecular flexibility index (Phi) is 2.16. The largest absolute Gasteiger partial charge is 0.417 e. The number of thiophene rings is 1. The van der Waals surface area contributed by atoms with Crippen molar-refractivity contribution < 1.29 is 13.2 Å². The number of rotatable bonds is 0. The Balaban J connectivity index is 2.48. The summed E-state index contributed by atoms with van der Waals surface area (Å²) in [6.45, 7) is 0. The molecule has 0 amide bonds. The second-order valence-electron chi connectivity index (χ2n) is 3.70. The van der Waals surface area contributed by atoms with Crippen molar-refractivity contribution in [2.45, 2.75) is 6.18 Å². The van der Waals surface area contributed by atoms with E-state index in [1.165, 1.54) is 17.4 Å². The molecule has 17 heavy (non-hydrogen) atoms. The molecule has 0 atom stereocenters. The van der Waals surface area contributed by atoms with E-state index >= 15 is 0 Å². The molecule has 0 fully saturated rings. The minimum atomic E-state index is -4.30. The summed E-state index contributed by atoms with van der Waals surface area (Å²) in [4.78, 5) is 0. The lowest BCUT2D eigenvalue weighted by Crippen LogP contribution is -2.04. The zero-order valence-electron chi connectivity index (χ0n) is 8.51. The van der Waals surface area contributed by atoms with E-state index in [-0.39, 0.29) is 0 Å². The number of halogens is 3. The molecule has 0 N–H and O–H groups in total. The van der Waals surface area contributed by atoms with Crippen LogP contribution in [0.1, 0.15) is 5.56 Å². The second-order valence-corrected chi connectivity index (χ2v) is 4.76. The average molecular weight is 251 g/mol. The lowest BCUT2D eigenvalue weighted by atomic mass is 10.1. The molecule has 1 radical (unpaired) electrons. The van der Waals surface area contributed by atoms with E-state index in [1.807, 2.05) is 0 Å². The Hall–Kier alpha value is -1.55. The Bertz CT molecular complexity index is 695. The Morgan fingerprint density at radius 1 is 1.06 bits per heavy atom. The van der Waals surface area contributed by atoms with Gasteiger partial charge in [-0.15, -0.1) is 11.3 Å². The van der Waals surface area contributed by atoms with Gasteiger partial charge in [0.25, 0.3) is 0 Å². The van der Waals surface area contributed by atoms with Crippen LogP contribution in [0.4, 0.5) is 13.2 Å². The van der Waals surface area contributed by atoms with Crippen LogP contribution < -0.4 is 0 Å². The molecule has 4 heteroatoms. The van der Waals surface area contributed by atoms with Crippen LogP contribution in [0.25, 0.3) is 20.2 Å². The number of fused-ring (bicyclic) bond motifs is 3. The van der Waals surface area contributed by atoms with Crippen LogP contribution in [0, 0.1) is 6.07 Å². The average Bonchev–Trinajstić information content (AvgIpc) is 2.65. The molecule has 1 aromatic heterocycles. The third-order valence-corrected chi connectivity index (χ3v) is 3.87. The molecule has 0 bridgehead atoms. The summed E-state index contributed by atoms with van der Waals surface area (Å²) in [6.07, 6.45) is -4.30. The molecule has 85 valence electrons. The fraction of sp³-hybridized carbons (Fsp3) is 0.0769. The summed E-state index contributed by atoms with van der Waals surface area (Å²) in [5, 5.41) is 1.48. The molecule has 0 unspecified atom stereocenters. The highest BCUT2D eigenvalue weighted by atomic mass is 32.1. The predicted octanol–water partition coefficient (Wildman–Crippen LogP) is 4.87. The quantitative estimate of drug-likeness (QED) is 0.534. The van der Waals surface area contributed by atoms with Crippen LogP contribution >= 0.6 is 11.3 Å². The summed E-state index contributed by atoms with van der Waals surface area (Å²) in [6, 6.07) is 12.4. The van der Waals surface area contributed by atoms with Gasteiger partial charge in [-0.3, -0.25) is 0 Å². The fourth-order valence-electron chi connectivity index (χ4n) is 1.91. The summed E-state index contributed by atoms with van der Waals surface area (Å²) >= 11 is 1.18. The van der Waals surface area contributed by atoms with Crippen LogP contribution in [0.15, 0.2) is 36.4 Å². The van der Waals surface area contributed by atoms with Gasteiger partial charge in [-0.1, -0.05) is 18.2 Å². The number of alkyl halides is 3. The molecule has 3 rings (SSSR count). The fourth-order valence-corrected chi connectivity index (χ4v) is 3.12. The van der Waals surface area contributed by atoms with E-state index in [0.29, 0.717) is 10.1 Å². The van der Waals surface area contributed by atoms with E-state index < -0.39 is 11.7 Å². The van der Waals surface area contributed by atoms with Gasteiger partial charge in [0.05, 0.1) is 5.56 Å². The zero-order valence-corrected chi connectivity index (χ0v) is 9.32. The number of benzene rings is 2. The predicted molar refractivity (Wildman–Crippen MR) is 63.2 cm³/mol. The summed E-state index contributed by atoms with van der Waals surface area (Å²) in [5.74, 6) is 0. The third-order valence-electron chi connectivity index (χ3n) is 2.65. The Morgan fingerprint density at radius 2 is 1.88 bits per heavy atom. The normalized spacial score (nSPS) is 12.4. The highest BCUT2D eigenvalue weighted by Gasteiger charge is 2.33. The molecule has 0 aliphatic rings. The monoisotopic (exact) mass is 251 g/mol. The molecule has 0 saturated heterocycles. The van der Waals surface area contributed by atoms with Crippen molar-refractivity contribution >= 4 is 31.5 Å². The van der Waals surface area contributed by atoms with Gasteiger partial charge in [-0.2, -0.15) is 13.2 Å². The maximum atomic E-state index is 12.8. The summed E-state index contributed by atoms with van der Waals surface area (Å²) < 4.78 is 39.7. The van der Waals surface area contributed by atoms with Gasteiger partial charge in [0.2, 0.25) is 0 Å². The molecule has 3 aromatic rings. The molecule has 1 heterocycles. The van der Waals surface area contributed by atoms with Crippen molar-refractivity contribution in [3.8, 4) is 0 Å². The lowest BCUT2D eigenvalue weighted by Gasteiger charge is -2.06. The van der Waals surface area contributed by atoms with Gasteiger partial charge >= 0.3 is 6.18 Å². The lowest BCUT2D eigenvalue weighted by molar-refractivity contribution is -0.136. The molecular formula is C13H6F3S. The van der Waals surface area contributed by atoms with Crippen LogP contribution in [0.2, 0.25) is 0 Å². The zero-order chi connectivity index (χ0) is 12.0. The van der Waals surface area contributed by atoms with Crippen molar-refractivity contribution in [3.05, 3.63) is 48.0 Å². The van der Waals surface area contributed by atoms with Gasteiger partial charge in [-0.25, -0.2) is 0 Å². The van der Waals surface area contributed by atoms with Crippen molar-refractivity contribution in [2.75, 3.05) is 0 Å². The highest BCUT2D eigenvalue weighted by molar-refractivity contribution is 7.26. The van der Waals surface area contributed by atoms with Gasteiger partial charge in [0.15, 0.2) is 0 Å². The van der Waals surface area contributed by atoms with Gasteiger partial charge in [0, 0.05) is 20.2 Å². The van der Waals surface area contributed by atoms with Crippen molar-refractivity contribution in [1.82, 2.24) is 0 Å². The topological polar surface area (TPSA) is 0 Å². The molecule has 0 saturated carbocycles. The first-order chi connectivity index (χ1) is 8.07. The van der Waals surface area contributed by atoms with Crippen molar-refractivity contribution in [2.24, 2.45) is 0 Å². The van der Waals surface area contributed by atoms with E-state index in [9.17, 15) is 13.2 Å². The van der Waals surface area contributed by atoms with Gasteiger partial charge in [0.1, 0.15) is 0 Å². The molecule has 0 aliphatic carbocycles. The molecule has 0 aliphatic heterocycles. The SMILES string of the molecule is FC(F)(F)c1cccc2c1sc1cc[c]cc12. The molecule has 0 nitrogen and oxygen atoms in total. The first-order valence-corrected chi connectivity index (χ1v) is 5.77. The Morgan fingerprint density at radius 3 is 2.65 bits per heavy atom. The third kappa shape index (κ3) is 1.60. The maximum Gasteiger partial charge on any atom is 0.417 e. The second kappa shape index (κ2) is 3.47. The van der Waals surface area contributed by atoms with Gasteiger partial charge in [-0.05, 0) is 24.3 Å². The molecule has 2 aromatic carbocycles. The first-order valence-electron chi connectivity index (χ1n) is 4.96. The highest BCUT2D eigenvalue weighted by Crippen LogP contribution is 2.41. The van der Waals surface area contributed by atoms with Crippen LogP contribution in [-0.2, 0) is 6.18 Å². The smallest absolute Gasteiger partial charge is 0.166 e. The standard InChI is InChI=1S/C13H6F3S/c14-13(15,16)10-6-3-5-9-8-4-1-2-7-11(8)17-12(9)10/h2-7H.